The van der Waals surface area contributed by atoms with Crippen LogP contribution in [0.1, 0.15) is 63.4 Å². The monoisotopic (exact) mass is 305 g/mol. The molecule has 0 atom stereocenters. The summed E-state index contributed by atoms with van der Waals surface area (Å²) in [6, 6.07) is 8.70. The van der Waals surface area contributed by atoms with Crippen molar-refractivity contribution in [1.82, 2.24) is 4.90 Å². The molecule has 1 radical (unpaired) electrons. The summed E-state index contributed by atoms with van der Waals surface area (Å²) in [7, 11) is 0. The molecule has 2 heteroatoms. The number of rotatable bonds is 3. The van der Waals surface area contributed by atoms with Crippen LogP contribution in [0.15, 0.2) is 24.3 Å². The van der Waals surface area contributed by atoms with Crippen LogP contribution in [0.4, 0.5) is 0 Å². The molecule has 2 fully saturated rings. The summed E-state index contributed by atoms with van der Waals surface area (Å²) in [6.07, 6.45) is 12.5. The van der Waals surface area contributed by atoms with Gasteiger partial charge in [0.05, 0.1) is 0 Å². The van der Waals surface area contributed by atoms with E-state index >= 15 is 0 Å². The third-order valence-electron chi connectivity index (χ3n) is 5.49. The van der Waals surface area contributed by atoms with E-state index in [-0.39, 0.29) is 0 Å². The highest BCUT2D eigenvalue weighted by Crippen LogP contribution is 2.42. The van der Waals surface area contributed by atoms with Gasteiger partial charge in [-0.25, -0.2) is 0 Å². The number of hydrogen-bond donors (Lipinski definition) is 0. The molecule has 1 saturated carbocycles. The second-order valence-electron chi connectivity index (χ2n) is 7.04. The van der Waals surface area contributed by atoms with E-state index in [1.807, 2.05) is 0 Å². The van der Waals surface area contributed by atoms with Gasteiger partial charge in [0, 0.05) is 23.3 Å². The van der Waals surface area contributed by atoms with Crippen LogP contribution in [-0.2, 0) is 5.41 Å². The van der Waals surface area contributed by atoms with Crippen molar-refractivity contribution in [2.75, 3.05) is 19.6 Å². The molecule has 0 bridgehead atoms. The molecule has 1 nitrogen and oxygen atoms in total. The minimum absolute atomic E-state index is 0.393. The maximum absolute atomic E-state index is 6.08. The van der Waals surface area contributed by atoms with Gasteiger partial charge in [-0.05, 0) is 43.4 Å². The molecule has 2 aliphatic rings. The van der Waals surface area contributed by atoms with E-state index in [2.05, 4.69) is 29.2 Å². The molecule has 1 saturated heterocycles. The summed E-state index contributed by atoms with van der Waals surface area (Å²) >= 11 is 6.08. The Balaban J connectivity index is 1.75. The highest BCUT2D eigenvalue weighted by Gasteiger charge is 2.41. The summed E-state index contributed by atoms with van der Waals surface area (Å²) < 4.78 is 0. The topological polar surface area (TPSA) is 5.90 Å². The molecule has 0 aromatic heterocycles. The predicted molar refractivity (Wildman–Crippen MR) is 91.4 cm³/mol. The Morgan fingerprint density at radius 2 is 1.38 bits per heavy atom. The first kappa shape index (κ1) is 15.4. The third-order valence-corrected chi connectivity index (χ3v) is 5.74. The largest absolute Gasteiger partial charge is 0.169 e. The molecule has 3 rings (SSSR count). The average molecular weight is 306 g/mol. The van der Waals surface area contributed by atoms with Crippen molar-refractivity contribution in [3.63, 3.8) is 0 Å². The second-order valence-corrected chi connectivity index (χ2v) is 7.47. The quantitative estimate of drug-likeness (QED) is 0.672. The van der Waals surface area contributed by atoms with E-state index < -0.39 is 0 Å². The lowest BCUT2D eigenvalue weighted by atomic mass is 9.78. The van der Waals surface area contributed by atoms with E-state index in [4.69, 9.17) is 11.6 Å². The van der Waals surface area contributed by atoms with Gasteiger partial charge in [0.25, 0.3) is 0 Å². The van der Waals surface area contributed by atoms with E-state index in [1.54, 1.807) is 0 Å². The summed E-state index contributed by atoms with van der Waals surface area (Å²) in [5.41, 5.74) is 1.91. The van der Waals surface area contributed by atoms with Gasteiger partial charge in [-0.2, -0.15) is 4.90 Å². The Labute approximate surface area is 134 Å². The maximum atomic E-state index is 6.08. The highest BCUT2D eigenvalue weighted by molar-refractivity contribution is 6.30. The van der Waals surface area contributed by atoms with E-state index in [1.165, 1.54) is 83.0 Å². The minimum Gasteiger partial charge on any atom is -0.169 e. The Bertz CT molecular complexity index is 425. The van der Waals surface area contributed by atoms with Crippen molar-refractivity contribution in [3.05, 3.63) is 34.9 Å². The molecule has 1 aliphatic heterocycles. The maximum Gasteiger partial charge on any atom is 0.132 e. The van der Waals surface area contributed by atoms with Gasteiger partial charge in [0.1, 0.15) is 19.6 Å². The van der Waals surface area contributed by atoms with Crippen LogP contribution in [0.3, 0.4) is 0 Å². The van der Waals surface area contributed by atoms with Crippen LogP contribution < -0.4 is 4.90 Å². The fourth-order valence-corrected chi connectivity index (χ4v) is 4.42. The molecule has 0 spiro atoms. The molecular weight excluding hydrogens is 278 g/mol. The first-order valence-electron chi connectivity index (χ1n) is 8.77. The lowest BCUT2D eigenvalue weighted by Crippen LogP contribution is -2.44. The molecule has 0 N–H and O–H groups in total. The highest BCUT2D eigenvalue weighted by atomic mass is 35.5. The normalized spacial score (nSPS) is 23.7. The summed E-state index contributed by atoms with van der Waals surface area (Å²) in [5, 5.41) is 0.859. The van der Waals surface area contributed by atoms with Crippen molar-refractivity contribution < 1.29 is 0 Å². The first-order valence-corrected chi connectivity index (χ1v) is 9.15. The Kier molecular flexibility index (Phi) is 5.24. The number of hydrogen-bond acceptors (Lipinski definition) is 1. The van der Waals surface area contributed by atoms with Gasteiger partial charge in [-0.1, -0.05) is 43.0 Å². The van der Waals surface area contributed by atoms with Crippen LogP contribution in [0.5, 0.6) is 0 Å². The summed E-state index contributed by atoms with van der Waals surface area (Å²) in [4.78, 5) is 2.75. The van der Waals surface area contributed by atoms with Gasteiger partial charge in [-0.3, -0.25) is 0 Å². The minimum atomic E-state index is 0.393. The van der Waals surface area contributed by atoms with Crippen molar-refractivity contribution in [3.8, 4) is 0 Å². The SMILES string of the molecule is Clc1ccc(C2(C[N+]3CCCCCCC3)CCCC2)cc1. The van der Waals surface area contributed by atoms with Gasteiger partial charge in [-0.15, -0.1) is 0 Å². The zero-order valence-corrected chi connectivity index (χ0v) is 13.9. The number of likely N-dealkylation sites (tertiary alicyclic amines) is 1. The molecule has 0 unspecified atom stereocenters. The predicted octanol–water partition coefficient (Wildman–Crippen LogP) is 5.26. The molecule has 115 valence electrons. The van der Waals surface area contributed by atoms with E-state index in [0.717, 1.165) is 5.02 Å². The Hall–Kier alpha value is -0.530. The van der Waals surface area contributed by atoms with Crippen molar-refractivity contribution in [2.24, 2.45) is 0 Å². The van der Waals surface area contributed by atoms with Gasteiger partial charge < -0.3 is 0 Å². The molecule has 1 aromatic carbocycles. The fourth-order valence-electron chi connectivity index (χ4n) is 4.29. The molecular formula is C19H28ClN+. The fraction of sp³-hybridized carbons (Fsp3) is 0.684. The summed E-state index contributed by atoms with van der Waals surface area (Å²) in [6.45, 7) is 3.86. The van der Waals surface area contributed by atoms with Gasteiger partial charge in [0.15, 0.2) is 0 Å². The van der Waals surface area contributed by atoms with E-state index in [0.29, 0.717) is 5.41 Å². The zero-order chi connectivity index (χ0) is 14.5. The van der Waals surface area contributed by atoms with Crippen molar-refractivity contribution in [2.45, 2.75) is 63.2 Å². The second kappa shape index (κ2) is 7.15. The van der Waals surface area contributed by atoms with Gasteiger partial charge >= 0.3 is 0 Å². The van der Waals surface area contributed by atoms with Crippen LogP contribution in [0, 0.1) is 0 Å². The third kappa shape index (κ3) is 3.81. The molecule has 1 heterocycles. The van der Waals surface area contributed by atoms with Crippen LogP contribution >= 0.6 is 11.6 Å². The van der Waals surface area contributed by atoms with Crippen molar-refractivity contribution in [1.29, 1.82) is 0 Å². The lowest BCUT2D eigenvalue weighted by molar-refractivity contribution is 0.280. The number of halogens is 1. The molecule has 1 aromatic rings. The standard InChI is InChI=1S/C19H28ClN/c20-18-10-8-17(9-11-18)19(12-4-5-13-19)16-21-14-6-2-1-3-7-15-21/h8-11H,1-7,12-16H2/q+1. The average Bonchev–Trinajstić information content (AvgIpc) is 2.92. The molecule has 1 aliphatic carbocycles. The molecule has 21 heavy (non-hydrogen) atoms. The van der Waals surface area contributed by atoms with Crippen LogP contribution in [0.25, 0.3) is 0 Å². The Morgan fingerprint density at radius 1 is 0.810 bits per heavy atom. The number of nitrogens with zero attached hydrogens (tertiary/aromatic N) is 1. The first-order chi connectivity index (χ1) is 10.3. The Morgan fingerprint density at radius 3 is 2.00 bits per heavy atom. The summed E-state index contributed by atoms with van der Waals surface area (Å²) in [5.74, 6) is 0. The zero-order valence-electron chi connectivity index (χ0n) is 13.1. The van der Waals surface area contributed by atoms with Crippen molar-refractivity contribution >= 4 is 11.6 Å². The van der Waals surface area contributed by atoms with E-state index in [9.17, 15) is 0 Å². The number of benzene rings is 1. The van der Waals surface area contributed by atoms with Crippen LogP contribution in [0.2, 0.25) is 5.02 Å². The van der Waals surface area contributed by atoms with Crippen LogP contribution in [-0.4, -0.2) is 19.6 Å². The van der Waals surface area contributed by atoms with Gasteiger partial charge in [0.2, 0.25) is 0 Å². The molecule has 0 amide bonds. The smallest absolute Gasteiger partial charge is 0.132 e. The lowest BCUT2D eigenvalue weighted by Gasteiger charge is -2.30.